The van der Waals surface area contributed by atoms with Crippen molar-refractivity contribution in [3.63, 3.8) is 0 Å². The fraction of sp³-hybridized carbons (Fsp3) is 0.435. The number of hydrogen-bond acceptors (Lipinski definition) is 5. The van der Waals surface area contributed by atoms with Gasteiger partial charge in [0.2, 0.25) is 5.43 Å². The zero-order valence-electron chi connectivity index (χ0n) is 18.7. The van der Waals surface area contributed by atoms with E-state index >= 15 is 0 Å². The van der Waals surface area contributed by atoms with Gasteiger partial charge in [-0.05, 0) is 38.7 Å². The van der Waals surface area contributed by atoms with Crippen LogP contribution >= 0.6 is 17.0 Å². The van der Waals surface area contributed by atoms with Gasteiger partial charge in [0.1, 0.15) is 17.2 Å². The third-order valence-corrected chi connectivity index (χ3v) is 6.54. The number of carbonyl (C=O) groups excluding carboxylic acids is 2. The van der Waals surface area contributed by atoms with Gasteiger partial charge in [-0.15, -0.1) is 17.0 Å². The molecule has 1 spiro atoms. The van der Waals surface area contributed by atoms with Crippen LogP contribution in [0.2, 0.25) is 0 Å². The third kappa shape index (κ3) is 4.22. The van der Waals surface area contributed by atoms with Crippen LogP contribution in [0.3, 0.4) is 0 Å². The van der Waals surface area contributed by atoms with Crippen molar-refractivity contribution < 1.29 is 28.6 Å². The van der Waals surface area contributed by atoms with E-state index in [2.05, 4.69) is 5.32 Å². The molecule has 184 valence electrons. The first kappa shape index (κ1) is 25.8. The second kappa shape index (κ2) is 9.46. The second-order valence-electron chi connectivity index (χ2n) is 9.07. The summed E-state index contributed by atoms with van der Waals surface area (Å²) in [5, 5.41) is 22.6. The maximum absolute atomic E-state index is 13.9. The zero-order chi connectivity index (χ0) is 24.1. The molecular formula is C23H26BrF2N3O5. The molecule has 3 N–H and O–H groups in total. The number of halogens is 3. The molecule has 1 aliphatic carbocycles. The molecule has 1 saturated carbocycles. The van der Waals surface area contributed by atoms with Gasteiger partial charge in [0.25, 0.3) is 11.8 Å². The number of aliphatic hydroxyl groups excluding tert-OH is 1. The third-order valence-electron chi connectivity index (χ3n) is 6.54. The Morgan fingerprint density at radius 1 is 1.26 bits per heavy atom. The van der Waals surface area contributed by atoms with Gasteiger partial charge in [-0.2, -0.15) is 0 Å². The average Bonchev–Trinajstić information content (AvgIpc) is 2.73. The van der Waals surface area contributed by atoms with Gasteiger partial charge in [-0.25, -0.2) is 8.78 Å². The Balaban J connectivity index is 0.00000324. The summed E-state index contributed by atoms with van der Waals surface area (Å²) in [7, 11) is 0. The standard InChI is InChI=1S/C23H25F2N3O5.BrH/c1-12(2)27-11-23(6-13(7-23)10-29)28-9-16(19(30)20(31)18(28)22(27)33)21(32)26-8-14-3-4-15(24)5-17(14)25;/h3-5,9,12-13,29,31H,6-8,10-11H2,1-2H3,(H,26,32);1H/t13-,23+;. The number of amides is 2. The van der Waals surface area contributed by atoms with Gasteiger partial charge >= 0.3 is 0 Å². The average molecular weight is 542 g/mol. The number of benzene rings is 1. The predicted octanol–water partition coefficient (Wildman–Crippen LogP) is 2.30. The summed E-state index contributed by atoms with van der Waals surface area (Å²) >= 11 is 0. The Morgan fingerprint density at radius 2 is 1.94 bits per heavy atom. The first-order valence-corrected chi connectivity index (χ1v) is 10.7. The number of hydrogen-bond donors (Lipinski definition) is 3. The molecule has 1 fully saturated rings. The molecule has 2 amide bonds. The molecule has 34 heavy (non-hydrogen) atoms. The molecule has 2 aromatic rings. The molecule has 2 heterocycles. The van der Waals surface area contributed by atoms with E-state index in [0.29, 0.717) is 25.5 Å². The van der Waals surface area contributed by atoms with Gasteiger partial charge in [0.15, 0.2) is 11.4 Å². The van der Waals surface area contributed by atoms with Crippen LogP contribution < -0.4 is 10.7 Å². The van der Waals surface area contributed by atoms with Crippen LogP contribution in [0, 0.1) is 17.6 Å². The monoisotopic (exact) mass is 541 g/mol. The zero-order valence-corrected chi connectivity index (χ0v) is 20.4. The largest absolute Gasteiger partial charge is 0.503 e. The highest BCUT2D eigenvalue weighted by Gasteiger charge is 2.52. The Hall–Kier alpha value is -2.79. The van der Waals surface area contributed by atoms with E-state index in [1.165, 1.54) is 16.8 Å². The van der Waals surface area contributed by atoms with Crippen LogP contribution in [0.1, 0.15) is 53.1 Å². The summed E-state index contributed by atoms with van der Waals surface area (Å²) in [5.74, 6) is -3.80. The van der Waals surface area contributed by atoms with Crippen molar-refractivity contribution in [1.29, 1.82) is 0 Å². The number of carbonyl (C=O) groups is 2. The summed E-state index contributed by atoms with van der Waals surface area (Å²) in [6.07, 6.45) is 2.28. The van der Waals surface area contributed by atoms with Crippen molar-refractivity contribution in [2.24, 2.45) is 5.92 Å². The summed E-state index contributed by atoms with van der Waals surface area (Å²) in [6.45, 7) is 3.64. The second-order valence-corrected chi connectivity index (χ2v) is 9.07. The summed E-state index contributed by atoms with van der Waals surface area (Å²) < 4.78 is 28.5. The first-order chi connectivity index (χ1) is 15.6. The minimum atomic E-state index is -1.01. The molecule has 2 aliphatic rings. The van der Waals surface area contributed by atoms with E-state index in [9.17, 15) is 33.4 Å². The van der Waals surface area contributed by atoms with Crippen LogP contribution in [0.5, 0.6) is 5.75 Å². The van der Waals surface area contributed by atoms with Gasteiger partial charge in [0, 0.05) is 43.6 Å². The normalized spacial score (nSPS) is 21.2. The molecule has 0 atom stereocenters. The molecule has 4 rings (SSSR count). The van der Waals surface area contributed by atoms with Crippen molar-refractivity contribution in [3.05, 3.63) is 63.1 Å². The smallest absolute Gasteiger partial charge is 0.274 e. The minimum absolute atomic E-state index is 0. The van der Waals surface area contributed by atoms with E-state index < -0.39 is 45.7 Å². The van der Waals surface area contributed by atoms with E-state index in [1.807, 2.05) is 13.8 Å². The number of pyridine rings is 1. The van der Waals surface area contributed by atoms with Crippen molar-refractivity contribution in [1.82, 2.24) is 14.8 Å². The molecule has 0 unspecified atom stereocenters. The molecule has 1 aromatic heterocycles. The summed E-state index contributed by atoms with van der Waals surface area (Å²) in [6, 6.07) is 2.73. The lowest BCUT2D eigenvalue weighted by Gasteiger charge is -2.55. The van der Waals surface area contributed by atoms with Gasteiger partial charge in [-0.3, -0.25) is 14.4 Å². The number of fused-ring (bicyclic) bond motifs is 2. The predicted molar refractivity (Wildman–Crippen MR) is 124 cm³/mol. The fourth-order valence-corrected chi connectivity index (χ4v) is 4.77. The van der Waals surface area contributed by atoms with Gasteiger partial charge in [-0.1, -0.05) is 6.07 Å². The maximum Gasteiger partial charge on any atom is 0.274 e. The highest BCUT2D eigenvalue weighted by molar-refractivity contribution is 8.93. The number of nitrogens with one attached hydrogen (secondary N) is 1. The van der Waals surface area contributed by atoms with Gasteiger partial charge < -0.3 is 25.0 Å². The molecular weight excluding hydrogens is 516 g/mol. The summed E-state index contributed by atoms with van der Waals surface area (Å²) in [4.78, 5) is 40.2. The van der Waals surface area contributed by atoms with E-state index in [4.69, 9.17) is 0 Å². The number of aromatic hydroxyl groups is 1. The molecule has 11 heteroatoms. The molecule has 0 bridgehead atoms. The summed E-state index contributed by atoms with van der Waals surface area (Å²) in [5.41, 5.74) is -2.22. The molecule has 8 nitrogen and oxygen atoms in total. The van der Waals surface area contributed by atoms with Gasteiger partial charge in [0.05, 0.1) is 5.54 Å². The molecule has 1 aromatic carbocycles. The van der Waals surface area contributed by atoms with E-state index in [0.717, 1.165) is 6.07 Å². The highest BCUT2D eigenvalue weighted by Crippen LogP contribution is 2.48. The van der Waals surface area contributed by atoms with Crippen molar-refractivity contribution in [2.45, 2.75) is 44.8 Å². The Labute approximate surface area is 205 Å². The quantitative estimate of drug-likeness (QED) is 0.537. The lowest BCUT2D eigenvalue weighted by Crippen LogP contribution is -2.62. The molecule has 1 aliphatic heterocycles. The number of nitrogens with zero attached hydrogens (tertiary/aromatic N) is 2. The minimum Gasteiger partial charge on any atom is -0.503 e. The Kier molecular flexibility index (Phi) is 7.18. The lowest BCUT2D eigenvalue weighted by atomic mass is 9.66. The molecule has 0 saturated heterocycles. The first-order valence-electron chi connectivity index (χ1n) is 10.7. The van der Waals surface area contributed by atoms with Crippen molar-refractivity contribution in [2.75, 3.05) is 13.2 Å². The highest BCUT2D eigenvalue weighted by atomic mass is 79.9. The Morgan fingerprint density at radius 3 is 2.53 bits per heavy atom. The fourth-order valence-electron chi connectivity index (χ4n) is 4.77. The number of aromatic nitrogens is 1. The maximum atomic E-state index is 13.9. The lowest BCUT2D eigenvalue weighted by molar-refractivity contribution is -0.0211. The number of aliphatic hydroxyl groups is 1. The van der Waals surface area contributed by atoms with Crippen molar-refractivity contribution >= 4 is 28.8 Å². The van der Waals surface area contributed by atoms with E-state index in [1.54, 1.807) is 4.90 Å². The molecule has 0 radical (unpaired) electrons. The van der Waals surface area contributed by atoms with Crippen molar-refractivity contribution in [3.8, 4) is 5.75 Å². The van der Waals surface area contributed by atoms with E-state index in [-0.39, 0.29) is 53.4 Å². The van der Waals surface area contributed by atoms with Crippen LogP contribution in [-0.4, -0.2) is 50.7 Å². The topological polar surface area (TPSA) is 112 Å². The SMILES string of the molecule is Br.CC(C)N1C[C@]2(C[C@H](CO)C2)n2cc(C(=O)NCc3ccc(F)cc3F)c(=O)c(O)c2C1=O. The van der Waals surface area contributed by atoms with Crippen LogP contribution in [0.15, 0.2) is 29.2 Å². The Bertz CT molecular complexity index is 1190. The van der Waals surface area contributed by atoms with Crippen LogP contribution in [0.4, 0.5) is 8.78 Å². The van der Waals surface area contributed by atoms with Crippen LogP contribution in [0.25, 0.3) is 0 Å². The van der Waals surface area contributed by atoms with Crippen LogP contribution in [-0.2, 0) is 12.1 Å². The number of rotatable bonds is 5.